The van der Waals surface area contributed by atoms with Crippen molar-refractivity contribution in [2.24, 2.45) is 4.99 Å². The van der Waals surface area contributed by atoms with E-state index >= 15 is 0 Å². The van der Waals surface area contributed by atoms with Crippen LogP contribution in [0.5, 0.6) is 0 Å². The van der Waals surface area contributed by atoms with Crippen LogP contribution in [-0.4, -0.2) is 45.1 Å². The number of amides is 1. The Labute approximate surface area is 210 Å². The zero-order chi connectivity index (χ0) is 26.1. The fourth-order valence-corrected chi connectivity index (χ4v) is 4.52. The number of aryl methyl sites for hydroxylation is 1. The Morgan fingerprint density at radius 3 is 2.73 bits per heavy atom. The van der Waals surface area contributed by atoms with E-state index in [1.807, 2.05) is 13.0 Å². The molecule has 1 amide bonds. The highest BCUT2D eigenvalue weighted by atomic mass is 19.1. The summed E-state index contributed by atoms with van der Waals surface area (Å²) in [7, 11) is 0. The number of rotatable bonds is 5. The lowest BCUT2D eigenvalue weighted by Crippen LogP contribution is -2.35. The smallest absolute Gasteiger partial charge is 0.341 e. The van der Waals surface area contributed by atoms with Gasteiger partial charge in [-0.2, -0.15) is 4.99 Å². The quantitative estimate of drug-likeness (QED) is 0.305. The maximum atomic E-state index is 14.4. The lowest BCUT2D eigenvalue weighted by Gasteiger charge is -2.18. The van der Waals surface area contributed by atoms with Crippen LogP contribution < -0.4 is 11.0 Å². The number of ether oxygens (including phenoxy) is 2. The summed E-state index contributed by atoms with van der Waals surface area (Å²) in [6.45, 7) is 4.30. The van der Waals surface area contributed by atoms with Crippen LogP contribution in [0.1, 0.15) is 46.0 Å². The van der Waals surface area contributed by atoms with Gasteiger partial charge in [-0.25, -0.2) is 14.2 Å². The Hall–Kier alpha value is -4.18. The van der Waals surface area contributed by atoms with Gasteiger partial charge in [0, 0.05) is 12.8 Å². The molecule has 1 unspecified atom stereocenters. The first-order valence-electron chi connectivity index (χ1n) is 12.1. The number of esters is 1. The fraction of sp³-hybridized carbons (Fsp3) is 0.296. The molecule has 9 nitrogen and oxygen atoms in total. The van der Waals surface area contributed by atoms with Crippen molar-refractivity contribution in [3.05, 3.63) is 87.0 Å². The summed E-state index contributed by atoms with van der Waals surface area (Å²) < 4.78 is 28.4. The third kappa shape index (κ3) is 4.55. The maximum Gasteiger partial charge on any atom is 0.341 e. The molecule has 1 aromatic carbocycles. The summed E-state index contributed by atoms with van der Waals surface area (Å²) in [5.74, 6) is -2.38. The van der Waals surface area contributed by atoms with E-state index in [1.165, 1.54) is 28.7 Å². The van der Waals surface area contributed by atoms with E-state index in [4.69, 9.17) is 14.5 Å². The molecular formula is C27H25FN4O5. The van der Waals surface area contributed by atoms with Gasteiger partial charge in [-0.3, -0.25) is 14.0 Å². The normalized spacial score (nSPS) is 16.0. The van der Waals surface area contributed by atoms with Crippen molar-refractivity contribution in [3.8, 4) is 0 Å². The molecule has 0 N–H and O–H groups in total. The minimum Gasteiger partial charge on any atom is -0.462 e. The number of aromatic nitrogens is 3. The van der Waals surface area contributed by atoms with Crippen molar-refractivity contribution < 1.29 is 23.5 Å². The number of halogens is 1. The van der Waals surface area contributed by atoms with Crippen molar-refractivity contribution in [3.63, 3.8) is 0 Å². The first-order valence-corrected chi connectivity index (χ1v) is 12.1. The summed E-state index contributed by atoms with van der Waals surface area (Å²) in [5.41, 5.74) is 0.633. The highest BCUT2D eigenvalue weighted by Gasteiger charge is 2.24. The molecule has 0 saturated carbocycles. The lowest BCUT2D eigenvalue weighted by atomic mass is 10.1. The number of nitrogens with zero attached hydrogens (tertiary/aromatic N) is 4. The number of fused-ring (bicyclic) bond motifs is 2. The van der Waals surface area contributed by atoms with Crippen LogP contribution in [0.3, 0.4) is 0 Å². The van der Waals surface area contributed by atoms with Crippen molar-refractivity contribution >= 4 is 28.6 Å². The van der Waals surface area contributed by atoms with E-state index in [-0.39, 0.29) is 52.5 Å². The Morgan fingerprint density at radius 2 is 2.00 bits per heavy atom. The molecule has 1 fully saturated rings. The van der Waals surface area contributed by atoms with Crippen molar-refractivity contribution in [2.75, 3.05) is 13.2 Å². The second-order valence-electron chi connectivity index (χ2n) is 8.78. The average Bonchev–Trinajstić information content (AvgIpc) is 3.40. The molecule has 0 spiro atoms. The van der Waals surface area contributed by atoms with Crippen molar-refractivity contribution in [2.45, 2.75) is 39.3 Å². The van der Waals surface area contributed by atoms with Crippen LogP contribution in [0, 0.1) is 12.7 Å². The average molecular weight is 505 g/mol. The Balaban J connectivity index is 1.89. The molecule has 10 heteroatoms. The highest BCUT2D eigenvalue weighted by Crippen LogP contribution is 2.18. The van der Waals surface area contributed by atoms with Crippen LogP contribution in [0.2, 0.25) is 0 Å². The summed E-state index contributed by atoms with van der Waals surface area (Å²) >= 11 is 0. The number of hydrogen-bond acceptors (Lipinski definition) is 6. The van der Waals surface area contributed by atoms with Gasteiger partial charge in [-0.05, 0) is 56.5 Å². The van der Waals surface area contributed by atoms with Gasteiger partial charge in [0.25, 0.3) is 11.5 Å². The number of carbonyl (C=O) groups is 2. The monoisotopic (exact) mass is 504 g/mol. The highest BCUT2D eigenvalue weighted by molar-refractivity contribution is 5.97. The molecule has 3 aromatic heterocycles. The molecule has 37 heavy (non-hydrogen) atoms. The second kappa shape index (κ2) is 10.1. The molecule has 4 aromatic rings. The van der Waals surface area contributed by atoms with Gasteiger partial charge >= 0.3 is 5.97 Å². The number of carbonyl (C=O) groups excluding carboxylic acids is 2. The molecule has 190 valence electrons. The molecule has 1 aliphatic heterocycles. The zero-order valence-electron chi connectivity index (χ0n) is 20.4. The van der Waals surface area contributed by atoms with Crippen molar-refractivity contribution in [1.82, 2.24) is 14.0 Å². The Bertz CT molecular complexity index is 1670. The fourth-order valence-electron chi connectivity index (χ4n) is 4.52. The molecule has 1 aliphatic rings. The van der Waals surface area contributed by atoms with E-state index in [2.05, 4.69) is 4.99 Å². The molecular weight excluding hydrogens is 479 g/mol. The van der Waals surface area contributed by atoms with Gasteiger partial charge in [0.2, 0.25) is 0 Å². The van der Waals surface area contributed by atoms with E-state index in [9.17, 15) is 18.8 Å². The standard InChI is InChI=1S/C27H25FN4O5/c1-3-36-27(35)20-14-19-23(29-22-16(2)8-6-12-31(22)26(19)34)32(15-17-9-7-13-37-17)24(20)30-25(33)18-10-4-5-11-21(18)28/h4-6,8,10-12,14,17H,3,7,9,13,15H2,1-2H3. The molecule has 0 bridgehead atoms. The van der Waals surface area contributed by atoms with Crippen LogP contribution in [-0.2, 0) is 16.0 Å². The lowest BCUT2D eigenvalue weighted by molar-refractivity contribution is 0.0521. The minimum atomic E-state index is -0.877. The third-order valence-electron chi connectivity index (χ3n) is 6.32. The molecule has 5 rings (SSSR count). The first-order chi connectivity index (χ1) is 17.9. The van der Waals surface area contributed by atoms with Crippen LogP contribution in [0.25, 0.3) is 16.7 Å². The minimum absolute atomic E-state index is 0.0669. The number of benzene rings is 1. The van der Waals surface area contributed by atoms with Crippen LogP contribution in [0.15, 0.2) is 58.4 Å². The van der Waals surface area contributed by atoms with Gasteiger partial charge < -0.3 is 14.0 Å². The van der Waals surface area contributed by atoms with Gasteiger partial charge in [-0.15, -0.1) is 0 Å². The van der Waals surface area contributed by atoms with E-state index in [0.717, 1.165) is 24.5 Å². The molecule has 0 aliphatic carbocycles. The van der Waals surface area contributed by atoms with Gasteiger partial charge in [-0.1, -0.05) is 18.2 Å². The van der Waals surface area contributed by atoms with Gasteiger partial charge in [0.1, 0.15) is 22.7 Å². The largest absolute Gasteiger partial charge is 0.462 e. The predicted octanol–water partition coefficient (Wildman–Crippen LogP) is 3.19. The predicted molar refractivity (Wildman–Crippen MR) is 133 cm³/mol. The van der Waals surface area contributed by atoms with Crippen LogP contribution >= 0.6 is 0 Å². The topological polar surface area (TPSA) is 104 Å². The van der Waals surface area contributed by atoms with E-state index < -0.39 is 17.7 Å². The summed E-state index contributed by atoms with van der Waals surface area (Å²) in [4.78, 5) is 48.7. The summed E-state index contributed by atoms with van der Waals surface area (Å²) in [6, 6.07) is 10.4. The Kier molecular flexibility index (Phi) is 6.66. The van der Waals surface area contributed by atoms with Gasteiger partial charge in [0.05, 0.1) is 30.2 Å². The number of pyridine rings is 2. The molecule has 4 heterocycles. The molecule has 1 atom stereocenters. The molecule has 0 radical (unpaired) electrons. The Morgan fingerprint density at radius 1 is 1.19 bits per heavy atom. The third-order valence-corrected chi connectivity index (χ3v) is 6.32. The van der Waals surface area contributed by atoms with E-state index in [0.29, 0.717) is 12.3 Å². The van der Waals surface area contributed by atoms with Crippen LogP contribution in [0.4, 0.5) is 4.39 Å². The number of hydrogen-bond donors (Lipinski definition) is 0. The summed E-state index contributed by atoms with van der Waals surface area (Å²) in [6.07, 6.45) is 2.94. The first kappa shape index (κ1) is 24.5. The van der Waals surface area contributed by atoms with Crippen molar-refractivity contribution in [1.29, 1.82) is 0 Å². The van der Waals surface area contributed by atoms with E-state index in [1.54, 1.807) is 23.8 Å². The zero-order valence-corrected chi connectivity index (χ0v) is 20.4. The SMILES string of the molecule is CCOC(=O)c1cc2c(=O)n3cccc(C)c3nc2n(CC2CCCO2)c1=NC(=O)c1ccccc1F. The molecule has 1 saturated heterocycles. The second-order valence-corrected chi connectivity index (χ2v) is 8.78. The maximum absolute atomic E-state index is 14.4. The van der Waals surface area contributed by atoms with Gasteiger partial charge in [0.15, 0.2) is 5.49 Å². The summed E-state index contributed by atoms with van der Waals surface area (Å²) in [5, 5.41) is 0.154.